The number of rotatable bonds is 2. The maximum atomic E-state index is 6.95. The molecule has 1 heterocycles. The molecule has 8 rings (SSSR count). The molecule has 4 aliphatic rings. The van der Waals surface area contributed by atoms with Crippen LogP contribution < -0.4 is 0 Å². The van der Waals surface area contributed by atoms with Crippen LogP contribution in [0.2, 0.25) is 0 Å². The molecule has 1 nitrogen and oxygen atoms in total. The van der Waals surface area contributed by atoms with E-state index in [-0.39, 0.29) is 5.41 Å². The van der Waals surface area contributed by atoms with Gasteiger partial charge in [0.05, 0.1) is 5.41 Å². The van der Waals surface area contributed by atoms with E-state index in [1.165, 1.54) is 33.4 Å². The van der Waals surface area contributed by atoms with Gasteiger partial charge in [-0.05, 0) is 22.8 Å². The molecule has 1 aliphatic heterocycles. The molecule has 1 heteroatoms. The summed E-state index contributed by atoms with van der Waals surface area (Å²) < 4.78 is 6.95. The van der Waals surface area contributed by atoms with E-state index in [4.69, 9.17) is 4.74 Å². The van der Waals surface area contributed by atoms with Crippen LogP contribution in [0, 0.1) is 0 Å². The van der Waals surface area contributed by atoms with Gasteiger partial charge in [0.25, 0.3) is 0 Å². The zero-order chi connectivity index (χ0) is 20.5. The molecule has 0 saturated heterocycles. The van der Waals surface area contributed by atoms with Crippen molar-refractivity contribution in [1.29, 1.82) is 0 Å². The highest BCUT2D eigenvalue weighted by Crippen LogP contribution is 2.64. The van der Waals surface area contributed by atoms with Crippen molar-refractivity contribution in [2.45, 2.75) is 11.0 Å². The summed E-state index contributed by atoms with van der Waals surface area (Å²) in [6.45, 7) is 0. The van der Waals surface area contributed by atoms with Crippen molar-refractivity contribution in [2.24, 2.45) is 0 Å². The molecule has 31 heavy (non-hydrogen) atoms. The quantitative estimate of drug-likeness (QED) is 0.371. The maximum Gasteiger partial charge on any atom is 0.185 e. The lowest BCUT2D eigenvalue weighted by Crippen LogP contribution is -2.48. The predicted octanol–water partition coefficient (Wildman–Crippen LogP) is 6.59. The summed E-state index contributed by atoms with van der Waals surface area (Å²) in [6, 6.07) is 38.9. The van der Waals surface area contributed by atoms with Gasteiger partial charge in [-0.15, -0.1) is 0 Å². The summed E-state index contributed by atoms with van der Waals surface area (Å²) in [5, 5.41) is 0. The molecule has 4 aromatic rings. The minimum atomic E-state index is -0.588. The minimum Gasteiger partial charge on any atom is -0.472 e. The van der Waals surface area contributed by atoms with Crippen LogP contribution in [0.5, 0.6) is 0 Å². The Bertz CT molecular complexity index is 1350. The van der Waals surface area contributed by atoms with E-state index in [9.17, 15) is 0 Å². The number of benzene rings is 4. The average molecular weight is 396 g/mol. The van der Waals surface area contributed by atoms with Crippen LogP contribution in [-0.2, 0) is 15.8 Å². The summed E-state index contributed by atoms with van der Waals surface area (Å²) in [5.41, 5.74) is 7.84. The van der Waals surface area contributed by atoms with E-state index >= 15 is 0 Å². The lowest BCUT2D eigenvalue weighted by Gasteiger charge is -2.52. The van der Waals surface area contributed by atoms with Crippen molar-refractivity contribution in [1.82, 2.24) is 0 Å². The van der Waals surface area contributed by atoms with E-state index in [0.717, 1.165) is 11.3 Å². The molecule has 0 unspecified atom stereocenters. The summed E-state index contributed by atoms with van der Waals surface area (Å²) in [4.78, 5) is 0. The van der Waals surface area contributed by atoms with Crippen LogP contribution >= 0.6 is 0 Å². The van der Waals surface area contributed by atoms with Crippen molar-refractivity contribution in [3.8, 4) is 0 Å². The van der Waals surface area contributed by atoms with Crippen molar-refractivity contribution in [2.75, 3.05) is 0 Å². The second-order valence-corrected chi connectivity index (χ2v) is 8.52. The Morgan fingerprint density at radius 3 is 1.65 bits per heavy atom. The molecule has 3 aliphatic carbocycles. The lowest BCUT2D eigenvalue weighted by atomic mass is 9.53. The number of ether oxygens (including phenoxy) is 1. The first-order chi connectivity index (χ1) is 15.3. The summed E-state index contributed by atoms with van der Waals surface area (Å²) >= 11 is 0. The summed E-state index contributed by atoms with van der Waals surface area (Å²) in [5.74, 6) is 0.933. The molecule has 146 valence electrons. The lowest BCUT2D eigenvalue weighted by molar-refractivity contribution is 0.121. The van der Waals surface area contributed by atoms with Crippen LogP contribution in [0.3, 0.4) is 0 Å². The van der Waals surface area contributed by atoms with Gasteiger partial charge < -0.3 is 4.74 Å². The molecule has 0 radical (unpaired) electrons. The van der Waals surface area contributed by atoms with Gasteiger partial charge in [0.2, 0.25) is 0 Å². The largest absolute Gasteiger partial charge is 0.472 e. The zero-order valence-electron chi connectivity index (χ0n) is 17.0. The van der Waals surface area contributed by atoms with Crippen LogP contribution in [-0.4, -0.2) is 0 Å². The van der Waals surface area contributed by atoms with Gasteiger partial charge in [0.1, 0.15) is 5.76 Å². The van der Waals surface area contributed by atoms with Gasteiger partial charge in [0, 0.05) is 22.3 Å². The highest BCUT2D eigenvalue weighted by Gasteiger charge is 2.59. The van der Waals surface area contributed by atoms with E-state index in [0.29, 0.717) is 0 Å². The highest BCUT2D eigenvalue weighted by atomic mass is 16.5. The molecule has 0 saturated carbocycles. The molecular weight excluding hydrogens is 376 g/mol. The van der Waals surface area contributed by atoms with Gasteiger partial charge in [-0.25, -0.2) is 0 Å². The first kappa shape index (κ1) is 16.9. The second-order valence-electron chi connectivity index (χ2n) is 8.52. The molecule has 1 spiro atoms. The highest BCUT2D eigenvalue weighted by molar-refractivity contribution is 5.81. The van der Waals surface area contributed by atoms with Crippen molar-refractivity contribution in [3.63, 3.8) is 0 Å². The fraction of sp³-hybridized carbons (Fsp3) is 0.0667. The van der Waals surface area contributed by atoms with E-state index in [2.05, 4.69) is 115 Å². The van der Waals surface area contributed by atoms with E-state index in [1.54, 1.807) is 0 Å². The number of allylic oxidation sites excluding steroid dienone is 1. The van der Waals surface area contributed by atoms with Gasteiger partial charge in [-0.2, -0.15) is 0 Å². The molecule has 0 atom stereocenters. The fourth-order valence-corrected chi connectivity index (χ4v) is 5.85. The van der Waals surface area contributed by atoms with Crippen LogP contribution in [0.25, 0.3) is 5.76 Å². The van der Waals surface area contributed by atoms with E-state index < -0.39 is 5.60 Å². The minimum absolute atomic E-state index is 0.322. The zero-order valence-corrected chi connectivity index (χ0v) is 17.0. The number of hydrogen-bond acceptors (Lipinski definition) is 1. The molecule has 4 aromatic carbocycles. The van der Waals surface area contributed by atoms with Gasteiger partial charge in [-0.3, -0.25) is 0 Å². The third-order valence-electron chi connectivity index (χ3n) is 7.08. The van der Waals surface area contributed by atoms with Gasteiger partial charge >= 0.3 is 0 Å². The van der Waals surface area contributed by atoms with Crippen molar-refractivity contribution in [3.05, 3.63) is 160 Å². The predicted molar refractivity (Wildman–Crippen MR) is 124 cm³/mol. The fourth-order valence-electron chi connectivity index (χ4n) is 5.85. The Balaban J connectivity index is 1.61. The molecule has 0 amide bonds. The SMILES string of the molecule is C1=C(c2ccccc2)OC23C1=CC(c1ccccc1)(c1ccccc12)c1ccccc13. The topological polar surface area (TPSA) is 9.23 Å². The standard InChI is InChI=1S/C30H20O/c1-3-11-21(12-4-1)28-19-23-20-29(22-13-5-2-6-14-22)24-15-7-9-17-26(24)30(23,31-28)27-18-10-8-16-25(27)29/h1-20H. The van der Waals surface area contributed by atoms with Crippen LogP contribution in [0.4, 0.5) is 0 Å². The Hall–Kier alpha value is -3.84. The van der Waals surface area contributed by atoms with Gasteiger partial charge in [0.15, 0.2) is 5.60 Å². The normalized spacial score (nSPS) is 24.4. The molecular formula is C30H20O. The molecule has 2 bridgehead atoms. The van der Waals surface area contributed by atoms with Gasteiger partial charge in [-0.1, -0.05) is 115 Å². The molecule has 0 aromatic heterocycles. The monoisotopic (exact) mass is 396 g/mol. The Kier molecular flexibility index (Phi) is 3.20. The first-order valence-electron chi connectivity index (χ1n) is 10.8. The first-order valence-corrected chi connectivity index (χ1v) is 10.8. The third kappa shape index (κ3) is 1.96. The summed E-state index contributed by atoms with van der Waals surface area (Å²) in [6.07, 6.45) is 4.70. The van der Waals surface area contributed by atoms with Crippen molar-refractivity contribution < 1.29 is 4.74 Å². The average Bonchev–Trinajstić information content (AvgIpc) is 3.26. The maximum absolute atomic E-state index is 6.95. The Morgan fingerprint density at radius 2 is 1.03 bits per heavy atom. The number of hydrogen-bond donors (Lipinski definition) is 0. The Morgan fingerprint density at radius 1 is 0.516 bits per heavy atom. The summed E-state index contributed by atoms with van der Waals surface area (Å²) in [7, 11) is 0. The van der Waals surface area contributed by atoms with Crippen LogP contribution in [0.1, 0.15) is 33.4 Å². The molecule has 0 fully saturated rings. The van der Waals surface area contributed by atoms with Crippen LogP contribution in [0.15, 0.2) is 127 Å². The smallest absolute Gasteiger partial charge is 0.185 e. The third-order valence-corrected chi connectivity index (χ3v) is 7.08. The van der Waals surface area contributed by atoms with Crippen molar-refractivity contribution >= 4 is 5.76 Å². The second kappa shape index (κ2) is 5.86. The van der Waals surface area contributed by atoms with E-state index in [1.807, 2.05) is 6.07 Å². The molecule has 0 N–H and O–H groups in total. The Labute approximate surface area is 182 Å².